The maximum absolute atomic E-state index is 5.36. The first kappa shape index (κ1) is 8.61. The summed E-state index contributed by atoms with van der Waals surface area (Å²) in [7, 11) is 0. The first-order chi connectivity index (χ1) is 3.42. The van der Waals surface area contributed by atoms with Crippen LogP contribution in [-0.2, 0) is 16.3 Å². The summed E-state index contributed by atoms with van der Waals surface area (Å²) in [6.45, 7) is 7.99. The maximum atomic E-state index is 5.36. The van der Waals surface area contributed by atoms with Gasteiger partial charge in [-0.3, -0.25) is 0 Å². The third kappa shape index (κ3) is 6.61. The van der Waals surface area contributed by atoms with Crippen LogP contribution in [0, 0.1) is 0 Å². The van der Waals surface area contributed by atoms with E-state index in [-0.39, 0.29) is 6.10 Å². The molecule has 0 amide bonds. The number of hydrogen-bond donors (Lipinski definition) is 0. The van der Waals surface area contributed by atoms with E-state index in [2.05, 4.69) is 0 Å². The molecule has 0 rings (SSSR count). The van der Waals surface area contributed by atoms with Crippen LogP contribution in [0.2, 0.25) is 0 Å². The van der Waals surface area contributed by atoms with E-state index in [4.69, 9.17) is 16.3 Å². The normalized spacial score (nSPS) is 12.6. The molecule has 0 aliphatic heterocycles. The van der Waals surface area contributed by atoms with Crippen LogP contribution >= 0.6 is 6.26 Å². The van der Waals surface area contributed by atoms with Crippen molar-refractivity contribution in [2.45, 2.75) is 20.0 Å². The predicted molar refractivity (Wildman–Crippen MR) is 42.4 cm³/mol. The van der Waals surface area contributed by atoms with Crippen molar-refractivity contribution in [1.82, 2.24) is 0 Å². The first-order valence-electron chi connectivity index (χ1n) is 2.65. The van der Waals surface area contributed by atoms with Crippen LogP contribution in [0.1, 0.15) is 13.8 Å². The summed E-state index contributed by atoms with van der Waals surface area (Å²) in [6.07, 6.45) is -1.10. The van der Waals surface area contributed by atoms with Gasteiger partial charge in [0, 0.05) is 0 Å². The largest absolute Gasteiger partial charge is 0.349 e. The summed E-state index contributed by atoms with van der Waals surface area (Å²) in [5, 5.41) is 0. The minimum atomic E-state index is -1.39. The van der Waals surface area contributed by atoms with Gasteiger partial charge in [0.25, 0.3) is 0 Å². The molecule has 0 aromatic rings. The summed E-state index contributed by atoms with van der Waals surface area (Å²) in [5.41, 5.74) is 0. The van der Waals surface area contributed by atoms with E-state index in [0.29, 0.717) is 0 Å². The fraction of sp³-hybridized carbons (Fsp3) is 1.00. The van der Waals surface area contributed by atoms with Crippen molar-refractivity contribution in [2.75, 3.05) is 13.3 Å². The van der Waals surface area contributed by atoms with E-state index in [1.54, 1.807) is 0 Å². The summed E-state index contributed by atoms with van der Waals surface area (Å²) < 4.78 is 5.36. The van der Waals surface area contributed by atoms with Gasteiger partial charge in [-0.2, -0.15) is 0 Å². The molecule has 0 heterocycles. The molecule has 0 fully saturated rings. The molecule has 0 aliphatic rings. The lowest BCUT2D eigenvalue weighted by molar-refractivity contribution is 0.273. The van der Waals surface area contributed by atoms with Gasteiger partial charge in [-0.1, -0.05) is 11.8 Å². The highest BCUT2D eigenvalue weighted by atomic mass is 32.4. The second kappa shape index (κ2) is 2.95. The lowest BCUT2D eigenvalue weighted by Gasteiger charge is -2.14. The van der Waals surface area contributed by atoms with Crippen molar-refractivity contribution in [1.29, 1.82) is 0 Å². The second-order valence-corrected chi connectivity index (χ2v) is 7.76. The Morgan fingerprint density at radius 2 is 1.75 bits per heavy atom. The standard InChI is InChI=1S/C5H13OPS/c1-5(2)6-7(3,4)8/h5H,1-4H3. The zero-order valence-electron chi connectivity index (χ0n) is 5.84. The minimum Gasteiger partial charge on any atom is -0.349 e. The molecular formula is C5H13OPS. The van der Waals surface area contributed by atoms with Gasteiger partial charge in [0.15, 0.2) is 0 Å². The molecule has 0 radical (unpaired) electrons. The van der Waals surface area contributed by atoms with E-state index in [9.17, 15) is 0 Å². The molecule has 0 N–H and O–H groups in total. The zero-order valence-corrected chi connectivity index (χ0v) is 7.55. The molecule has 3 heteroatoms. The quantitative estimate of drug-likeness (QED) is 0.560. The molecule has 0 spiro atoms. The van der Waals surface area contributed by atoms with Crippen LogP contribution in [0.4, 0.5) is 0 Å². The minimum absolute atomic E-state index is 0.288. The fourth-order valence-electron chi connectivity index (χ4n) is 0.508. The molecule has 8 heavy (non-hydrogen) atoms. The van der Waals surface area contributed by atoms with Crippen LogP contribution in [-0.4, -0.2) is 19.4 Å². The van der Waals surface area contributed by atoms with E-state index < -0.39 is 6.26 Å². The Labute approximate surface area is 56.5 Å². The van der Waals surface area contributed by atoms with Gasteiger partial charge in [-0.05, 0) is 27.2 Å². The SMILES string of the molecule is CC(C)OP(C)(C)=S. The van der Waals surface area contributed by atoms with Gasteiger partial charge < -0.3 is 4.52 Å². The molecule has 0 saturated heterocycles. The van der Waals surface area contributed by atoms with Crippen molar-refractivity contribution in [3.63, 3.8) is 0 Å². The summed E-state index contributed by atoms with van der Waals surface area (Å²) in [6, 6.07) is 0. The molecule has 0 aromatic heterocycles. The third-order valence-electron chi connectivity index (χ3n) is 0.465. The highest BCUT2D eigenvalue weighted by Gasteiger charge is 2.02. The third-order valence-corrected chi connectivity index (χ3v) is 1.65. The Morgan fingerprint density at radius 1 is 1.38 bits per heavy atom. The average molecular weight is 152 g/mol. The Morgan fingerprint density at radius 3 is 1.75 bits per heavy atom. The molecule has 0 saturated carbocycles. The Balaban J connectivity index is 3.56. The topological polar surface area (TPSA) is 9.23 Å². The predicted octanol–water partition coefficient (Wildman–Crippen LogP) is 2.07. The Kier molecular flexibility index (Phi) is 3.18. The van der Waals surface area contributed by atoms with Crippen LogP contribution in [0.15, 0.2) is 0 Å². The zero-order chi connectivity index (χ0) is 6.78. The number of hydrogen-bond acceptors (Lipinski definition) is 2. The molecule has 0 bridgehead atoms. The Bertz CT molecular complexity index is 105. The summed E-state index contributed by atoms with van der Waals surface area (Å²) in [4.78, 5) is 0. The van der Waals surface area contributed by atoms with Gasteiger partial charge >= 0.3 is 0 Å². The lowest BCUT2D eigenvalue weighted by Crippen LogP contribution is -1.97. The van der Waals surface area contributed by atoms with Gasteiger partial charge in [0.05, 0.1) is 12.4 Å². The number of rotatable bonds is 2. The van der Waals surface area contributed by atoms with E-state index in [1.807, 2.05) is 27.2 Å². The molecule has 50 valence electrons. The highest BCUT2D eigenvalue weighted by Crippen LogP contribution is 2.38. The van der Waals surface area contributed by atoms with Crippen molar-refractivity contribution in [2.24, 2.45) is 0 Å². The van der Waals surface area contributed by atoms with Gasteiger partial charge in [-0.25, -0.2) is 0 Å². The van der Waals surface area contributed by atoms with Crippen LogP contribution in [0.3, 0.4) is 0 Å². The molecule has 0 aliphatic carbocycles. The van der Waals surface area contributed by atoms with Crippen LogP contribution in [0.25, 0.3) is 0 Å². The molecular weight excluding hydrogens is 139 g/mol. The summed E-state index contributed by atoms with van der Waals surface area (Å²) >= 11 is 5.05. The van der Waals surface area contributed by atoms with E-state index >= 15 is 0 Å². The van der Waals surface area contributed by atoms with Crippen molar-refractivity contribution in [3.8, 4) is 0 Å². The maximum Gasteiger partial charge on any atom is 0.0619 e. The van der Waals surface area contributed by atoms with Gasteiger partial charge in [-0.15, -0.1) is 0 Å². The van der Waals surface area contributed by atoms with Crippen molar-refractivity contribution >= 4 is 18.1 Å². The van der Waals surface area contributed by atoms with Crippen LogP contribution in [0.5, 0.6) is 0 Å². The van der Waals surface area contributed by atoms with Crippen molar-refractivity contribution in [3.05, 3.63) is 0 Å². The molecule has 0 aromatic carbocycles. The van der Waals surface area contributed by atoms with E-state index in [0.717, 1.165) is 0 Å². The first-order valence-corrected chi connectivity index (χ1v) is 6.26. The van der Waals surface area contributed by atoms with Crippen LogP contribution < -0.4 is 0 Å². The van der Waals surface area contributed by atoms with Gasteiger partial charge in [0.2, 0.25) is 0 Å². The summed E-state index contributed by atoms with van der Waals surface area (Å²) in [5.74, 6) is 0. The molecule has 0 atom stereocenters. The average Bonchev–Trinajstić information content (AvgIpc) is 1.21. The smallest absolute Gasteiger partial charge is 0.0619 e. The Hall–Kier alpha value is 0.610. The second-order valence-electron chi connectivity index (χ2n) is 2.41. The molecule has 0 unspecified atom stereocenters. The fourth-order valence-corrected chi connectivity index (χ4v) is 2.04. The molecule has 1 nitrogen and oxygen atoms in total. The highest BCUT2D eigenvalue weighted by molar-refractivity contribution is 8.11. The monoisotopic (exact) mass is 152 g/mol. The van der Waals surface area contributed by atoms with Gasteiger partial charge in [0.1, 0.15) is 0 Å². The van der Waals surface area contributed by atoms with E-state index in [1.165, 1.54) is 0 Å². The lowest BCUT2D eigenvalue weighted by atomic mass is 10.5. The van der Waals surface area contributed by atoms with Crippen molar-refractivity contribution < 1.29 is 4.52 Å².